The molecule has 0 radical (unpaired) electrons. The Morgan fingerprint density at radius 1 is 0.765 bits per heavy atom. The van der Waals surface area contributed by atoms with Gasteiger partial charge in [0.25, 0.3) is 0 Å². The van der Waals surface area contributed by atoms with Crippen LogP contribution in [0.25, 0.3) is 10.8 Å². The summed E-state index contributed by atoms with van der Waals surface area (Å²) in [6, 6.07) is 9.78. The van der Waals surface area contributed by atoms with Gasteiger partial charge in [0.15, 0.2) is 11.6 Å². The summed E-state index contributed by atoms with van der Waals surface area (Å²) in [5.74, 6) is 3.63. The summed E-state index contributed by atoms with van der Waals surface area (Å²) in [6.07, 6.45) is 10.5. The van der Waals surface area contributed by atoms with Gasteiger partial charge in [-0.15, -0.1) is 0 Å². The molecule has 0 nitrogen and oxygen atoms in total. The van der Waals surface area contributed by atoms with Crippen molar-refractivity contribution in [2.75, 3.05) is 0 Å². The van der Waals surface area contributed by atoms with E-state index in [2.05, 4.69) is 18.8 Å². The van der Waals surface area contributed by atoms with Gasteiger partial charge in [0.1, 0.15) is 11.6 Å². The van der Waals surface area contributed by atoms with Crippen LogP contribution in [0.5, 0.6) is 0 Å². The van der Waals surface area contributed by atoms with Gasteiger partial charge in [0.2, 0.25) is 0 Å². The zero-order valence-electron chi connectivity index (χ0n) is 19.6. The highest BCUT2D eigenvalue weighted by molar-refractivity contribution is 5.84. The molecule has 0 bridgehead atoms. The van der Waals surface area contributed by atoms with Gasteiger partial charge >= 0.3 is 0 Å². The Labute approximate surface area is 199 Å². The summed E-state index contributed by atoms with van der Waals surface area (Å²) in [6.45, 7) is 2.23. The molecule has 0 aromatic heterocycles. The molecule has 1 fully saturated rings. The molecule has 0 heterocycles. The molecule has 1 aliphatic carbocycles. The molecule has 0 spiro atoms. The monoisotopic (exact) mass is 466 g/mol. The highest BCUT2D eigenvalue weighted by Gasteiger charge is 2.21. The second-order valence-electron chi connectivity index (χ2n) is 9.55. The van der Waals surface area contributed by atoms with Gasteiger partial charge in [-0.1, -0.05) is 75.8 Å². The third-order valence-electron chi connectivity index (χ3n) is 7.11. The summed E-state index contributed by atoms with van der Waals surface area (Å²) in [7, 11) is 0. The standard InChI is InChI=1S/C30H30F4/c1-2-3-4-20-5-7-21(8-6-20)9-10-23-18-28(32)26(29(33)19-23)15-12-22-11-14-25-24(17-22)13-16-27(31)30(25)34/h11,13-14,16-21H,2-10H2,1H3. The number of unbranched alkanes of at least 4 members (excludes halogenated alkanes) is 1. The zero-order valence-corrected chi connectivity index (χ0v) is 19.6. The lowest BCUT2D eigenvalue weighted by molar-refractivity contribution is 0.250. The topological polar surface area (TPSA) is 0 Å². The molecule has 1 saturated carbocycles. The number of hydrogen-bond donors (Lipinski definition) is 0. The Morgan fingerprint density at radius 2 is 1.44 bits per heavy atom. The van der Waals surface area contributed by atoms with Crippen molar-refractivity contribution in [1.29, 1.82) is 0 Å². The highest BCUT2D eigenvalue weighted by Crippen LogP contribution is 2.34. The first kappa shape index (κ1) is 24.3. The number of halogens is 4. The van der Waals surface area contributed by atoms with E-state index in [1.54, 1.807) is 6.07 Å². The molecule has 0 amide bonds. The average molecular weight is 467 g/mol. The van der Waals surface area contributed by atoms with E-state index in [0.717, 1.165) is 18.4 Å². The highest BCUT2D eigenvalue weighted by atomic mass is 19.2. The maximum Gasteiger partial charge on any atom is 0.166 e. The fourth-order valence-corrected chi connectivity index (χ4v) is 5.04. The minimum Gasteiger partial charge on any atom is -0.206 e. The van der Waals surface area contributed by atoms with Crippen LogP contribution in [0, 0.1) is 46.9 Å². The van der Waals surface area contributed by atoms with Crippen LogP contribution in [-0.4, -0.2) is 0 Å². The second kappa shape index (κ2) is 11.1. The zero-order chi connectivity index (χ0) is 24.1. The Kier molecular flexibility index (Phi) is 7.93. The molecule has 4 rings (SSSR count). The van der Waals surface area contributed by atoms with E-state index in [0.29, 0.717) is 28.9 Å². The Morgan fingerprint density at radius 3 is 2.12 bits per heavy atom. The number of fused-ring (bicyclic) bond motifs is 1. The molecule has 34 heavy (non-hydrogen) atoms. The molecule has 178 valence electrons. The third kappa shape index (κ3) is 5.81. The lowest BCUT2D eigenvalue weighted by Crippen LogP contribution is -2.15. The van der Waals surface area contributed by atoms with E-state index in [-0.39, 0.29) is 10.9 Å². The minimum absolute atomic E-state index is 0.140. The lowest BCUT2D eigenvalue weighted by atomic mass is 9.78. The summed E-state index contributed by atoms with van der Waals surface area (Å²) < 4.78 is 56.6. The number of aryl methyl sites for hydroxylation is 1. The van der Waals surface area contributed by atoms with E-state index in [1.807, 2.05) is 0 Å². The molecular weight excluding hydrogens is 436 g/mol. The van der Waals surface area contributed by atoms with Gasteiger partial charge in [-0.2, -0.15) is 0 Å². The van der Waals surface area contributed by atoms with Crippen LogP contribution in [0.1, 0.15) is 75.0 Å². The summed E-state index contributed by atoms with van der Waals surface area (Å²) in [4.78, 5) is 0. The van der Waals surface area contributed by atoms with Gasteiger partial charge in [0, 0.05) is 10.9 Å². The van der Waals surface area contributed by atoms with Crippen molar-refractivity contribution in [3.8, 4) is 11.8 Å². The summed E-state index contributed by atoms with van der Waals surface area (Å²) >= 11 is 0. The van der Waals surface area contributed by atoms with Crippen LogP contribution in [0.15, 0.2) is 42.5 Å². The largest absolute Gasteiger partial charge is 0.206 e. The van der Waals surface area contributed by atoms with Crippen molar-refractivity contribution in [2.45, 2.75) is 64.7 Å². The maximum absolute atomic E-state index is 14.7. The number of benzene rings is 3. The molecule has 4 heteroatoms. The Bertz CT molecular complexity index is 1190. The van der Waals surface area contributed by atoms with Crippen LogP contribution in [0.2, 0.25) is 0 Å². The summed E-state index contributed by atoms with van der Waals surface area (Å²) in [5, 5.41) is 0.614. The first-order valence-electron chi connectivity index (χ1n) is 12.3. The van der Waals surface area contributed by atoms with Gasteiger partial charge < -0.3 is 0 Å². The van der Waals surface area contributed by atoms with Crippen LogP contribution in [0.4, 0.5) is 17.6 Å². The van der Waals surface area contributed by atoms with Crippen molar-refractivity contribution in [3.05, 3.63) is 82.4 Å². The number of rotatable bonds is 6. The molecule has 0 aliphatic heterocycles. The van der Waals surface area contributed by atoms with Crippen molar-refractivity contribution in [1.82, 2.24) is 0 Å². The van der Waals surface area contributed by atoms with Crippen molar-refractivity contribution >= 4 is 10.8 Å². The van der Waals surface area contributed by atoms with Crippen LogP contribution < -0.4 is 0 Å². The molecule has 1 aliphatic rings. The number of hydrogen-bond acceptors (Lipinski definition) is 0. The van der Waals surface area contributed by atoms with E-state index >= 15 is 0 Å². The smallest absolute Gasteiger partial charge is 0.166 e. The van der Waals surface area contributed by atoms with Crippen molar-refractivity contribution < 1.29 is 17.6 Å². The summed E-state index contributed by atoms with van der Waals surface area (Å²) in [5.41, 5.74) is 0.860. The molecule has 3 aromatic rings. The van der Waals surface area contributed by atoms with E-state index < -0.39 is 23.3 Å². The molecule has 0 atom stereocenters. The van der Waals surface area contributed by atoms with Crippen LogP contribution in [0.3, 0.4) is 0 Å². The van der Waals surface area contributed by atoms with Crippen molar-refractivity contribution in [2.24, 2.45) is 11.8 Å². The van der Waals surface area contributed by atoms with Gasteiger partial charge in [-0.25, -0.2) is 17.6 Å². The molecule has 0 unspecified atom stereocenters. The fourth-order valence-electron chi connectivity index (χ4n) is 5.04. The van der Waals surface area contributed by atoms with Crippen molar-refractivity contribution in [3.63, 3.8) is 0 Å². The first-order chi connectivity index (χ1) is 16.4. The SMILES string of the molecule is CCCCC1CCC(CCc2cc(F)c(C#Cc3ccc4c(F)c(F)ccc4c3)c(F)c2)CC1. The third-order valence-corrected chi connectivity index (χ3v) is 7.11. The lowest BCUT2D eigenvalue weighted by Gasteiger charge is -2.28. The predicted molar refractivity (Wildman–Crippen MR) is 129 cm³/mol. The predicted octanol–water partition coefficient (Wildman–Crippen LogP) is 8.73. The van der Waals surface area contributed by atoms with E-state index in [4.69, 9.17) is 0 Å². The van der Waals surface area contributed by atoms with Gasteiger partial charge in [0.05, 0.1) is 5.56 Å². The van der Waals surface area contributed by atoms with E-state index in [1.165, 1.54) is 75.3 Å². The normalized spacial score (nSPS) is 18.0. The molecular formula is C30H30F4. The quantitative estimate of drug-likeness (QED) is 0.252. The minimum atomic E-state index is -0.922. The second-order valence-corrected chi connectivity index (χ2v) is 9.55. The Balaban J connectivity index is 1.40. The Hall–Kier alpha value is -2.80. The van der Waals surface area contributed by atoms with Crippen LogP contribution >= 0.6 is 0 Å². The molecule has 0 N–H and O–H groups in total. The average Bonchev–Trinajstić information content (AvgIpc) is 2.84. The maximum atomic E-state index is 14.7. The van der Waals surface area contributed by atoms with Gasteiger partial charge in [-0.3, -0.25) is 0 Å². The van der Waals surface area contributed by atoms with Gasteiger partial charge in [-0.05, 0) is 66.0 Å². The van der Waals surface area contributed by atoms with Crippen LogP contribution in [-0.2, 0) is 6.42 Å². The molecule has 0 saturated heterocycles. The fraction of sp³-hybridized carbons (Fsp3) is 0.400. The molecule has 3 aromatic carbocycles. The van der Waals surface area contributed by atoms with E-state index in [9.17, 15) is 17.6 Å². The first-order valence-corrected chi connectivity index (χ1v) is 12.3.